The second-order valence-corrected chi connectivity index (χ2v) is 4.96. The Hall–Kier alpha value is -3.58. The molecular formula is C20H21N5OS. The molecule has 0 amide bonds. The number of hydrogen-bond acceptors (Lipinski definition) is 6. The van der Waals surface area contributed by atoms with E-state index in [1.807, 2.05) is 97.1 Å². The molecule has 138 valence electrons. The number of aromatic amines is 1. The molecule has 1 heterocycles. The maximum atomic E-state index is 5.06. The van der Waals surface area contributed by atoms with Crippen LogP contribution in [-0.2, 0) is 0 Å². The molecule has 0 atom stereocenters. The van der Waals surface area contributed by atoms with Gasteiger partial charge in [-0.25, -0.2) is 0 Å². The minimum absolute atomic E-state index is 0.900. The van der Waals surface area contributed by atoms with Crippen molar-refractivity contribution >= 4 is 11.8 Å². The van der Waals surface area contributed by atoms with Gasteiger partial charge in [0.05, 0.1) is 6.20 Å². The lowest BCUT2D eigenvalue weighted by molar-refractivity contribution is 0.670. The smallest absolute Gasteiger partial charge is 0.146 e. The Morgan fingerprint density at radius 2 is 0.963 bits per heavy atom. The lowest BCUT2D eigenvalue weighted by Crippen LogP contribution is -1.82. The largest absolute Gasteiger partial charge is 0.394 e. The molecule has 0 fully saturated rings. The predicted octanol–water partition coefficient (Wildman–Crippen LogP) is 5.00. The van der Waals surface area contributed by atoms with Crippen molar-refractivity contribution in [1.82, 2.24) is 25.2 Å². The van der Waals surface area contributed by atoms with Crippen LogP contribution in [0, 0.1) is 0 Å². The van der Waals surface area contributed by atoms with Gasteiger partial charge in [0.25, 0.3) is 0 Å². The molecule has 7 heteroatoms. The van der Waals surface area contributed by atoms with Gasteiger partial charge >= 0.3 is 0 Å². The first-order chi connectivity index (χ1) is 13.5. The summed E-state index contributed by atoms with van der Waals surface area (Å²) in [7, 11) is 0. The molecule has 0 saturated heterocycles. The molecule has 0 saturated carbocycles. The zero-order valence-electron chi connectivity index (χ0n) is 14.7. The highest BCUT2D eigenvalue weighted by atomic mass is 32.1. The summed E-state index contributed by atoms with van der Waals surface area (Å²) in [5.41, 5.74) is 0. The van der Waals surface area contributed by atoms with Crippen LogP contribution in [0.5, 0.6) is 0 Å². The summed E-state index contributed by atoms with van der Waals surface area (Å²) in [6.07, 6.45) is 3.01. The van der Waals surface area contributed by atoms with E-state index in [0.717, 1.165) is 11.8 Å². The first kappa shape index (κ1) is 21.5. The van der Waals surface area contributed by atoms with Gasteiger partial charge in [0.15, 0.2) is 0 Å². The van der Waals surface area contributed by atoms with Crippen molar-refractivity contribution in [2.24, 2.45) is 0 Å². The maximum Gasteiger partial charge on any atom is 0.146 e. The van der Waals surface area contributed by atoms with E-state index in [-0.39, 0.29) is 0 Å². The Morgan fingerprint density at radius 1 is 0.519 bits per heavy atom. The molecule has 0 unspecified atom stereocenters. The third kappa shape index (κ3) is 17.0. The minimum Gasteiger partial charge on any atom is -0.394 e. The maximum absolute atomic E-state index is 5.06. The Balaban J connectivity index is 3.00. The molecule has 1 aromatic heterocycles. The topological polar surface area (TPSA) is 80.5 Å². The summed E-state index contributed by atoms with van der Waals surface area (Å²) in [5.74, 6) is 0. The fourth-order valence-electron chi connectivity index (χ4n) is 1.35. The number of rotatable bonds is 0. The van der Waals surface area contributed by atoms with E-state index >= 15 is 0 Å². The summed E-state index contributed by atoms with van der Waals surface area (Å²) in [4.78, 5) is 0. The molecule has 0 spiro atoms. The Labute approximate surface area is 162 Å². The minimum atomic E-state index is 0.900. The quantitative estimate of drug-likeness (QED) is 0.686. The van der Waals surface area contributed by atoms with Crippen LogP contribution in [0.25, 0.3) is 0 Å². The van der Waals surface area contributed by atoms with Crippen LogP contribution in [0.3, 0.4) is 0 Å². The fourth-order valence-corrected chi connectivity index (χ4v) is 1.58. The van der Waals surface area contributed by atoms with Gasteiger partial charge in [0, 0.05) is 0 Å². The van der Waals surface area contributed by atoms with Gasteiger partial charge in [-0.15, -0.1) is 5.10 Å². The SMILES string of the molecule is c1ccccccccccos[nH]nnnnccccccccc1. The molecule has 6 nitrogen and oxygen atoms in total. The van der Waals surface area contributed by atoms with Crippen molar-refractivity contribution in [2.45, 2.75) is 0 Å². The number of nitrogens with zero attached hydrogens (tertiary/aromatic N) is 4. The average molecular weight is 379 g/mol. The molecule has 0 aliphatic rings. The van der Waals surface area contributed by atoms with E-state index in [2.05, 4.69) is 25.2 Å². The highest BCUT2D eigenvalue weighted by Crippen LogP contribution is 1.81. The first-order valence-corrected chi connectivity index (χ1v) is 8.76. The van der Waals surface area contributed by atoms with E-state index in [4.69, 9.17) is 3.85 Å². The van der Waals surface area contributed by atoms with Crippen molar-refractivity contribution in [3.8, 4) is 0 Å². The number of H-pyrrole nitrogens is 1. The molecule has 1 aromatic rings. The zero-order valence-corrected chi connectivity index (χ0v) is 15.5. The van der Waals surface area contributed by atoms with Crippen molar-refractivity contribution in [2.75, 3.05) is 0 Å². The molecule has 0 aromatic carbocycles. The highest BCUT2D eigenvalue weighted by molar-refractivity contribution is 6.95. The van der Waals surface area contributed by atoms with E-state index in [0.29, 0.717) is 0 Å². The van der Waals surface area contributed by atoms with Crippen LogP contribution >= 0.6 is 11.8 Å². The van der Waals surface area contributed by atoms with Gasteiger partial charge in [0.1, 0.15) is 18.1 Å². The van der Waals surface area contributed by atoms with E-state index in [1.165, 1.54) is 12.5 Å². The van der Waals surface area contributed by atoms with Gasteiger partial charge in [-0.3, -0.25) is 0 Å². The van der Waals surface area contributed by atoms with Crippen molar-refractivity contribution in [3.63, 3.8) is 0 Å². The second-order valence-electron chi connectivity index (χ2n) is 4.41. The summed E-state index contributed by atoms with van der Waals surface area (Å²) in [6.45, 7) is 0. The van der Waals surface area contributed by atoms with Gasteiger partial charge in [-0.2, -0.15) is 4.49 Å². The van der Waals surface area contributed by atoms with E-state index < -0.39 is 0 Å². The zero-order chi connectivity index (χ0) is 19.1. The molecule has 0 radical (unpaired) electrons. The molecule has 0 aliphatic heterocycles. The highest BCUT2D eigenvalue weighted by Gasteiger charge is 1.60. The molecule has 1 rings (SSSR count). The summed E-state index contributed by atoms with van der Waals surface area (Å²) in [6, 6.07) is 34.3. The van der Waals surface area contributed by atoms with E-state index in [1.54, 1.807) is 12.1 Å². The summed E-state index contributed by atoms with van der Waals surface area (Å²) >= 11 is 0.900. The monoisotopic (exact) mass is 379 g/mol. The van der Waals surface area contributed by atoms with Crippen molar-refractivity contribution in [1.29, 1.82) is 0 Å². The Morgan fingerprint density at radius 3 is 1.48 bits per heavy atom. The normalized spacial score (nSPS) is 8.00. The third-order valence-corrected chi connectivity index (χ3v) is 2.80. The van der Waals surface area contributed by atoms with Crippen LogP contribution in [-0.4, -0.2) is 25.2 Å². The van der Waals surface area contributed by atoms with Crippen LogP contribution in [0.4, 0.5) is 0 Å². The summed E-state index contributed by atoms with van der Waals surface area (Å²) < 4.78 is 7.55. The number of aromatic nitrogens is 5. The van der Waals surface area contributed by atoms with Crippen molar-refractivity contribution < 1.29 is 3.85 Å². The van der Waals surface area contributed by atoms with Crippen LogP contribution in [0.1, 0.15) is 0 Å². The van der Waals surface area contributed by atoms with E-state index in [9.17, 15) is 0 Å². The molecule has 27 heavy (non-hydrogen) atoms. The fraction of sp³-hybridized carbons (Fsp3) is 0. The standard InChI is InChI=1S/C20H21N5OS/c1-2-4-6-8-10-12-14-16-18-20-26-27-25-24-23-22-21-19-17-15-13-11-9-7-5-3-1/h1-20H,(H,21,23,25). The van der Waals surface area contributed by atoms with Gasteiger partial charge in [0.2, 0.25) is 0 Å². The number of nitrogens with one attached hydrogen (secondary N) is 1. The van der Waals surface area contributed by atoms with Gasteiger partial charge in [-0.1, -0.05) is 97.1 Å². The lowest BCUT2D eigenvalue weighted by atomic mass is 10.4. The van der Waals surface area contributed by atoms with Crippen molar-refractivity contribution in [3.05, 3.63) is 122 Å². The molecule has 1 N–H and O–H groups in total. The van der Waals surface area contributed by atoms with Crippen LogP contribution in [0.15, 0.2) is 126 Å². The third-order valence-electron chi connectivity index (χ3n) is 2.44. The molecular weight excluding hydrogens is 358 g/mol. The first-order valence-electron chi connectivity index (χ1n) is 8.02. The van der Waals surface area contributed by atoms with Gasteiger partial charge in [-0.05, 0) is 27.8 Å². The average Bonchev–Trinajstić information content (AvgIpc) is 2.68. The molecule has 0 bridgehead atoms. The Bertz CT molecular complexity index is 508. The van der Waals surface area contributed by atoms with Crippen LogP contribution in [0.2, 0.25) is 0 Å². The lowest BCUT2D eigenvalue weighted by Gasteiger charge is -1.69. The Kier molecular flexibility index (Phi) is 14.9. The van der Waals surface area contributed by atoms with Crippen LogP contribution < -0.4 is 0 Å². The number of hydrogen-bond donors (Lipinski definition) is 1. The molecule has 0 aliphatic carbocycles. The van der Waals surface area contributed by atoms with Gasteiger partial charge < -0.3 is 3.85 Å². The predicted molar refractivity (Wildman–Crippen MR) is 108 cm³/mol. The summed E-state index contributed by atoms with van der Waals surface area (Å²) in [5, 5.41) is 14.1. The second kappa shape index (κ2) is 18.8.